The van der Waals surface area contributed by atoms with Gasteiger partial charge in [-0.3, -0.25) is 0 Å². The first-order valence-electron chi connectivity index (χ1n) is 9.97. The van der Waals surface area contributed by atoms with Crippen molar-refractivity contribution >= 4 is 19.1 Å². The molecule has 1 atom stereocenters. The highest BCUT2D eigenvalue weighted by Crippen LogP contribution is 2.45. The summed E-state index contributed by atoms with van der Waals surface area (Å²) >= 11 is 0. The van der Waals surface area contributed by atoms with Gasteiger partial charge in [-0.25, -0.2) is 0 Å². The Hall–Kier alpha value is -1.10. The number of hydrogen-bond acceptors (Lipinski definition) is 2. The van der Waals surface area contributed by atoms with Gasteiger partial charge >= 0.3 is 0 Å². The Balaban J connectivity index is 2.86. The van der Waals surface area contributed by atoms with E-state index in [0.717, 1.165) is 0 Å². The first-order valence-corrected chi connectivity index (χ1v) is 12.1. The number of methoxy groups -OCH3 is 1. The molecule has 2 aromatic rings. The van der Waals surface area contributed by atoms with Gasteiger partial charge in [0.05, 0.1) is 12.7 Å². The highest BCUT2D eigenvalue weighted by molar-refractivity contribution is 6.82. The third kappa shape index (κ3) is 3.51. The molecule has 26 heavy (non-hydrogen) atoms. The van der Waals surface area contributed by atoms with Gasteiger partial charge < -0.3 is 14.1 Å². The van der Waals surface area contributed by atoms with Crippen LogP contribution in [0.5, 0.6) is 0 Å². The predicted octanol–water partition coefficient (Wildman–Crippen LogP) is 5.73. The normalized spacial score (nSPS) is 14.2. The van der Waals surface area contributed by atoms with Crippen LogP contribution in [0.1, 0.15) is 59.6 Å². The number of aliphatic hydroxyl groups is 1. The first kappa shape index (κ1) is 21.2. The summed E-state index contributed by atoms with van der Waals surface area (Å²) in [6.07, 6.45) is 2.70. The Kier molecular flexibility index (Phi) is 6.75. The summed E-state index contributed by atoms with van der Waals surface area (Å²) in [5.74, 6) is 0. The van der Waals surface area contributed by atoms with Crippen LogP contribution in [0.3, 0.4) is 0 Å². The SMILES string of the molecule is COCc1cn([Si](C(C)C)(C(C)C)C(C)C)c2cccc(CC(C)O)c12. The molecular formula is C22H37NO2Si. The number of ether oxygens (including phenoxy) is 1. The monoisotopic (exact) mass is 375 g/mol. The third-order valence-electron chi connectivity index (χ3n) is 6.00. The van der Waals surface area contributed by atoms with E-state index in [4.69, 9.17) is 4.74 Å². The van der Waals surface area contributed by atoms with Crippen LogP contribution in [0.15, 0.2) is 24.4 Å². The second kappa shape index (κ2) is 8.28. The minimum Gasteiger partial charge on any atom is -0.393 e. The van der Waals surface area contributed by atoms with Crippen molar-refractivity contribution in [3.05, 3.63) is 35.5 Å². The van der Waals surface area contributed by atoms with E-state index in [9.17, 15) is 5.11 Å². The lowest BCUT2D eigenvalue weighted by molar-refractivity contribution is 0.185. The number of benzene rings is 1. The average molecular weight is 376 g/mol. The van der Waals surface area contributed by atoms with E-state index in [1.54, 1.807) is 7.11 Å². The van der Waals surface area contributed by atoms with Crippen molar-refractivity contribution in [2.75, 3.05) is 7.11 Å². The highest BCUT2D eigenvalue weighted by Gasteiger charge is 2.46. The molecule has 3 nitrogen and oxygen atoms in total. The second-order valence-electron chi connectivity index (χ2n) is 8.67. The van der Waals surface area contributed by atoms with E-state index in [0.29, 0.717) is 29.7 Å². The average Bonchev–Trinajstić information content (AvgIpc) is 2.87. The van der Waals surface area contributed by atoms with Crippen molar-refractivity contribution in [2.45, 2.75) is 84.2 Å². The van der Waals surface area contributed by atoms with Gasteiger partial charge in [-0.15, -0.1) is 0 Å². The van der Waals surface area contributed by atoms with Crippen LogP contribution >= 0.6 is 0 Å². The van der Waals surface area contributed by atoms with Gasteiger partial charge in [0.1, 0.15) is 0 Å². The molecule has 2 rings (SSSR count). The molecule has 0 amide bonds. The van der Waals surface area contributed by atoms with E-state index in [1.807, 2.05) is 6.92 Å². The predicted molar refractivity (Wildman–Crippen MR) is 114 cm³/mol. The quantitative estimate of drug-likeness (QED) is 0.597. The van der Waals surface area contributed by atoms with Crippen LogP contribution in [0, 0.1) is 0 Å². The summed E-state index contributed by atoms with van der Waals surface area (Å²) in [5, 5.41) is 11.3. The van der Waals surface area contributed by atoms with E-state index in [-0.39, 0.29) is 6.10 Å². The van der Waals surface area contributed by atoms with Gasteiger partial charge in [0.15, 0.2) is 8.24 Å². The lowest BCUT2D eigenvalue weighted by Gasteiger charge is -2.44. The summed E-state index contributed by atoms with van der Waals surface area (Å²) in [7, 11) is -0.0782. The van der Waals surface area contributed by atoms with E-state index >= 15 is 0 Å². The standard InChI is InChI=1S/C22H37NO2Si/c1-15(2)26(16(3)4,17(5)6)23-13-20(14-25-8)22-19(12-18(7)24)10-9-11-21(22)23/h9-11,13,15-18,24H,12,14H2,1-8H3. The van der Waals surface area contributed by atoms with Gasteiger partial charge in [0.2, 0.25) is 0 Å². The van der Waals surface area contributed by atoms with Crippen molar-refractivity contribution in [2.24, 2.45) is 0 Å². The van der Waals surface area contributed by atoms with Crippen LogP contribution in [0.25, 0.3) is 10.9 Å². The molecule has 1 aromatic carbocycles. The molecule has 1 N–H and O–H groups in total. The number of hydrogen-bond donors (Lipinski definition) is 1. The zero-order chi connectivity index (χ0) is 19.6. The summed E-state index contributed by atoms with van der Waals surface area (Å²) in [5.41, 5.74) is 5.69. The minimum atomic E-state index is -1.84. The van der Waals surface area contributed by atoms with Crippen molar-refractivity contribution in [1.82, 2.24) is 4.23 Å². The van der Waals surface area contributed by atoms with E-state index in [2.05, 4.69) is 70.2 Å². The molecule has 1 heterocycles. The van der Waals surface area contributed by atoms with Crippen molar-refractivity contribution in [3.8, 4) is 0 Å². The Bertz CT molecular complexity index is 709. The fourth-order valence-electron chi connectivity index (χ4n) is 5.36. The molecule has 0 saturated carbocycles. The smallest absolute Gasteiger partial charge is 0.169 e. The lowest BCUT2D eigenvalue weighted by Crippen LogP contribution is -2.51. The maximum absolute atomic E-state index is 9.99. The van der Waals surface area contributed by atoms with Gasteiger partial charge in [-0.05, 0) is 41.6 Å². The molecule has 0 saturated heterocycles. The number of nitrogens with zero attached hydrogens (tertiary/aromatic N) is 1. The molecular weight excluding hydrogens is 338 g/mol. The van der Waals surface area contributed by atoms with Crippen LogP contribution in [-0.2, 0) is 17.8 Å². The van der Waals surface area contributed by atoms with Crippen LogP contribution in [-0.4, -0.2) is 30.8 Å². The first-order chi connectivity index (χ1) is 12.2. The topological polar surface area (TPSA) is 34.4 Å². The van der Waals surface area contributed by atoms with Crippen molar-refractivity contribution in [1.29, 1.82) is 0 Å². The van der Waals surface area contributed by atoms with E-state index < -0.39 is 8.24 Å². The van der Waals surface area contributed by atoms with Gasteiger partial charge in [-0.2, -0.15) is 0 Å². The summed E-state index contributed by atoms with van der Waals surface area (Å²) in [6, 6.07) is 6.56. The Morgan fingerprint density at radius 2 is 1.54 bits per heavy atom. The molecule has 0 fully saturated rings. The molecule has 1 unspecified atom stereocenters. The van der Waals surface area contributed by atoms with Gasteiger partial charge in [-0.1, -0.05) is 53.7 Å². The van der Waals surface area contributed by atoms with Gasteiger partial charge in [0.25, 0.3) is 0 Å². The van der Waals surface area contributed by atoms with Crippen molar-refractivity contribution < 1.29 is 9.84 Å². The van der Waals surface area contributed by atoms with E-state index in [1.165, 1.54) is 22.0 Å². The van der Waals surface area contributed by atoms with Crippen LogP contribution < -0.4 is 0 Å². The highest BCUT2D eigenvalue weighted by atomic mass is 28.3. The fraction of sp³-hybridized carbons (Fsp3) is 0.636. The fourth-order valence-corrected chi connectivity index (χ4v) is 12.0. The Labute approximate surface area is 160 Å². The van der Waals surface area contributed by atoms with Gasteiger partial charge in [0, 0.05) is 29.8 Å². The second-order valence-corrected chi connectivity index (χ2v) is 14.4. The largest absolute Gasteiger partial charge is 0.393 e. The Morgan fingerprint density at radius 1 is 0.962 bits per heavy atom. The van der Waals surface area contributed by atoms with Crippen molar-refractivity contribution in [3.63, 3.8) is 0 Å². The number of rotatable bonds is 8. The summed E-state index contributed by atoms with van der Waals surface area (Å²) in [4.78, 5) is 0. The molecule has 4 heteroatoms. The number of aromatic nitrogens is 1. The maximum atomic E-state index is 9.99. The molecule has 0 radical (unpaired) electrons. The molecule has 146 valence electrons. The molecule has 0 aliphatic heterocycles. The minimum absolute atomic E-state index is 0.346. The summed E-state index contributed by atoms with van der Waals surface area (Å²) < 4.78 is 8.20. The number of aliphatic hydroxyl groups excluding tert-OH is 1. The number of fused-ring (bicyclic) bond motifs is 1. The molecule has 0 bridgehead atoms. The third-order valence-corrected chi connectivity index (χ3v) is 12.8. The summed E-state index contributed by atoms with van der Waals surface area (Å²) in [6.45, 7) is 16.9. The molecule has 0 spiro atoms. The van der Waals surface area contributed by atoms with Crippen LogP contribution in [0.2, 0.25) is 16.6 Å². The molecule has 0 aliphatic carbocycles. The lowest BCUT2D eigenvalue weighted by atomic mass is 10.0. The Morgan fingerprint density at radius 3 is 2.00 bits per heavy atom. The zero-order valence-electron chi connectivity index (χ0n) is 17.8. The maximum Gasteiger partial charge on any atom is 0.169 e. The molecule has 0 aliphatic rings. The zero-order valence-corrected chi connectivity index (χ0v) is 18.8. The molecule has 1 aromatic heterocycles. The van der Waals surface area contributed by atoms with Crippen LogP contribution in [0.4, 0.5) is 0 Å².